The SMILES string of the molecule is C=CC(=O)N1CCC(N(C(=O)Nc2ncc(SCCN3CCCCCC3)s2)C2CCCCC2)CC1. The van der Waals surface area contributed by atoms with Crippen LogP contribution < -0.4 is 5.32 Å². The Morgan fingerprint density at radius 1 is 1.03 bits per heavy atom. The first-order chi connectivity index (χ1) is 17.1. The van der Waals surface area contributed by atoms with Gasteiger partial charge in [-0.1, -0.05) is 50.0 Å². The largest absolute Gasteiger partial charge is 0.339 e. The molecule has 1 aromatic heterocycles. The van der Waals surface area contributed by atoms with Gasteiger partial charge in [-0.25, -0.2) is 9.78 Å². The topological polar surface area (TPSA) is 68.8 Å². The van der Waals surface area contributed by atoms with Crippen LogP contribution in [0.2, 0.25) is 0 Å². The molecule has 3 aliphatic rings. The van der Waals surface area contributed by atoms with Crippen molar-refractivity contribution >= 4 is 40.2 Å². The molecule has 0 unspecified atom stereocenters. The summed E-state index contributed by atoms with van der Waals surface area (Å²) < 4.78 is 1.16. The van der Waals surface area contributed by atoms with Crippen molar-refractivity contribution in [2.75, 3.05) is 43.8 Å². The van der Waals surface area contributed by atoms with E-state index in [0.717, 1.165) is 42.2 Å². The summed E-state index contributed by atoms with van der Waals surface area (Å²) in [5, 5.41) is 3.81. The van der Waals surface area contributed by atoms with Crippen LogP contribution in [0, 0.1) is 0 Å². The van der Waals surface area contributed by atoms with E-state index in [4.69, 9.17) is 0 Å². The minimum Gasteiger partial charge on any atom is -0.339 e. The predicted molar refractivity (Wildman–Crippen MR) is 145 cm³/mol. The van der Waals surface area contributed by atoms with Crippen LogP contribution in [-0.4, -0.2) is 82.2 Å². The lowest BCUT2D eigenvalue weighted by molar-refractivity contribution is -0.127. The molecule has 0 spiro atoms. The summed E-state index contributed by atoms with van der Waals surface area (Å²) in [6.45, 7) is 8.54. The lowest BCUT2D eigenvalue weighted by Crippen LogP contribution is -2.54. The molecule has 1 aliphatic carbocycles. The average molecular weight is 520 g/mol. The second-order valence-corrected chi connectivity index (χ2v) is 12.4. The Hall–Kier alpha value is -1.58. The third kappa shape index (κ3) is 7.70. The standard InChI is InChI=1S/C26H41N5O2S2/c1-2-23(32)30-16-12-22(13-17-30)31(21-10-6-5-7-11-21)26(33)28-25-27-20-24(35-25)34-19-18-29-14-8-3-4-9-15-29/h2,20-22H,1,3-19H2,(H,27,28,33). The van der Waals surface area contributed by atoms with Crippen molar-refractivity contribution in [3.8, 4) is 0 Å². The summed E-state index contributed by atoms with van der Waals surface area (Å²) >= 11 is 3.42. The molecule has 35 heavy (non-hydrogen) atoms. The third-order valence-electron chi connectivity index (χ3n) is 7.60. The van der Waals surface area contributed by atoms with Gasteiger partial charge in [0.1, 0.15) is 0 Å². The van der Waals surface area contributed by atoms with Crippen LogP contribution in [0.4, 0.5) is 9.93 Å². The van der Waals surface area contributed by atoms with Gasteiger partial charge in [0.2, 0.25) is 5.91 Å². The Morgan fingerprint density at radius 2 is 1.69 bits per heavy atom. The number of likely N-dealkylation sites (tertiary alicyclic amines) is 2. The van der Waals surface area contributed by atoms with Gasteiger partial charge in [-0.2, -0.15) is 0 Å². The highest BCUT2D eigenvalue weighted by molar-refractivity contribution is 8.01. The molecule has 0 radical (unpaired) electrons. The number of urea groups is 1. The summed E-state index contributed by atoms with van der Waals surface area (Å²) in [5.41, 5.74) is 0. The van der Waals surface area contributed by atoms with Gasteiger partial charge < -0.3 is 14.7 Å². The van der Waals surface area contributed by atoms with Crippen molar-refractivity contribution in [1.29, 1.82) is 0 Å². The maximum Gasteiger partial charge on any atom is 0.324 e. The quantitative estimate of drug-likeness (QED) is 0.365. The van der Waals surface area contributed by atoms with Crippen LogP contribution in [0.1, 0.15) is 70.6 Å². The number of carbonyl (C=O) groups is 2. The fraction of sp³-hybridized carbons (Fsp3) is 0.731. The fourth-order valence-electron chi connectivity index (χ4n) is 5.66. The fourth-order valence-corrected chi connectivity index (χ4v) is 7.60. The van der Waals surface area contributed by atoms with Crippen LogP contribution in [-0.2, 0) is 4.79 Å². The van der Waals surface area contributed by atoms with Gasteiger partial charge in [0.05, 0.1) is 10.4 Å². The number of rotatable bonds is 8. The molecule has 4 rings (SSSR count). The number of anilines is 1. The van der Waals surface area contributed by atoms with Gasteiger partial charge in [0.25, 0.3) is 0 Å². The molecule has 1 saturated carbocycles. The summed E-state index contributed by atoms with van der Waals surface area (Å²) in [5.74, 6) is 1.05. The Kier molecular flexibility index (Phi) is 10.3. The van der Waals surface area contributed by atoms with E-state index in [-0.39, 0.29) is 24.0 Å². The first-order valence-electron chi connectivity index (χ1n) is 13.5. The van der Waals surface area contributed by atoms with Gasteiger partial charge >= 0.3 is 6.03 Å². The van der Waals surface area contributed by atoms with E-state index in [0.29, 0.717) is 18.2 Å². The molecule has 1 aromatic rings. The average Bonchev–Trinajstić information content (AvgIpc) is 3.16. The van der Waals surface area contributed by atoms with Crippen LogP contribution in [0.15, 0.2) is 23.1 Å². The molecule has 0 aromatic carbocycles. The van der Waals surface area contributed by atoms with Gasteiger partial charge in [0.15, 0.2) is 5.13 Å². The molecule has 0 atom stereocenters. The number of hydrogen-bond acceptors (Lipinski definition) is 6. The number of thioether (sulfide) groups is 1. The van der Waals surface area contributed by atoms with Crippen molar-refractivity contribution in [3.63, 3.8) is 0 Å². The molecule has 194 valence electrons. The number of hydrogen-bond donors (Lipinski definition) is 1. The van der Waals surface area contributed by atoms with Gasteiger partial charge in [-0.3, -0.25) is 10.1 Å². The second-order valence-electron chi connectivity index (χ2n) is 9.98. The maximum absolute atomic E-state index is 13.5. The van der Waals surface area contributed by atoms with E-state index >= 15 is 0 Å². The zero-order chi connectivity index (χ0) is 24.5. The molecule has 2 aliphatic heterocycles. The van der Waals surface area contributed by atoms with Gasteiger partial charge in [-0.15, -0.1) is 11.8 Å². The molecule has 9 heteroatoms. The van der Waals surface area contributed by atoms with Crippen molar-refractivity contribution in [2.45, 2.75) is 86.9 Å². The van der Waals surface area contributed by atoms with E-state index in [1.54, 1.807) is 11.3 Å². The summed E-state index contributed by atoms with van der Waals surface area (Å²) in [6.07, 6.45) is 16.0. The normalized spacial score (nSPS) is 20.9. The maximum atomic E-state index is 13.5. The Labute approximate surface area is 218 Å². The Bertz CT molecular complexity index is 825. The molecule has 3 heterocycles. The number of nitrogens with one attached hydrogen (secondary N) is 1. The number of carbonyl (C=O) groups excluding carboxylic acids is 2. The predicted octanol–water partition coefficient (Wildman–Crippen LogP) is 5.45. The first-order valence-corrected chi connectivity index (χ1v) is 15.3. The summed E-state index contributed by atoms with van der Waals surface area (Å²) in [4.78, 5) is 36.6. The van der Waals surface area contributed by atoms with Crippen molar-refractivity contribution < 1.29 is 9.59 Å². The van der Waals surface area contributed by atoms with E-state index in [9.17, 15) is 9.59 Å². The number of thiazole rings is 1. The van der Waals surface area contributed by atoms with Crippen molar-refractivity contribution in [3.05, 3.63) is 18.9 Å². The molecule has 1 N–H and O–H groups in total. The minimum absolute atomic E-state index is 0.0132. The lowest BCUT2D eigenvalue weighted by atomic mass is 9.91. The van der Waals surface area contributed by atoms with Crippen LogP contribution >= 0.6 is 23.1 Å². The van der Waals surface area contributed by atoms with E-state index < -0.39 is 0 Å². The Morgan fingerprint density at radius 3 is 2.37 bits per heavy atom. The summed E-state index contributed by atoms with van der Waals surface area (Å²) in [7, 11) is 0. The van der Waals surface area contributed by atoms with Gasteiger partial charge in [0, 0.05) is 37.5 Å². The molecule has 3 amide bonds. The minimum atomic E-state index is -0.0270. The zero-order valence-corrected chi connectivity index (χ0v) is 22.6. The monoisotopic (exact) mass is 519 g/mol. The van der Waals surface area contributed by atoms with E-state index in [2.05, 4.69) is 26.7 Å². The van der Waals surface area contributed by atoms with Crippen LogP contribution in [0.25, 0.3) is 0 Å². The number of nitrogens with zero attached hydrogens (tertiary/aromatic N) is 4. The highest BCUT2D eigenvalue weighted by Crippen LogP contribution is 2.31. The lowest BCUT2D eigenvalue weighted by Gasteiger charge is -2.43. The molecular formula is C26H41N5O2S2. The van der Waals surface area contributed by atoms with Crippen LogP contribution in [0.3, 0.4) is 0 Å². The smallest absolute Gasteiger partial charge is 0.324 e. The van der Waals surface area contributed by atoms with E-state index in [1.807, 2.05) is 22.9 Å². The van der Waals surface area contributed by atoms with Crippen molar-refractivity contribution in [1.82, 2.24) is 19.7 Å². The molecular weight excluding hydrogens is 478 g/mol. The van der Waals surface area contributed by atoms with Gasteiger partial charge in [-0.05, 0) is 57.7 Å². The zero-order valence-electron chi connectivity index (χ0n) is 21.0. The van der Waals surface area contributed by atoms with E-state index in [1.165, 1.54) is 64.1 Å². The highest BCUT2D eigenvalue weighted by atomic mass is 32.2. The number of piperidine rings is 1. The number of amides is 3. The highest BCUT2D eigenvalue weighted by Gasteiger charge is 2.34. The first kappa shape index (κ1) is 26.5. The molecule has 3 fully saturated rings. The van der Waals surface area contributed by atoms with Crippen molar-refractivity contribution in [2.24, 2.45) is 0 Å². The Balaban J connectivity index is 1.31. The molecule has 0 bridgehead atoms. The summed E-state index contributed by atoms with van der Waals surface area (Å²) in [6, 6.07) is 0.410. The molecule has 7 nitrogen and oxygen atoms in total. The van der Waals surface area contributed by atoms with Crippen LogP contribution in [0.5, 0.6) is 0 Å². The third-order valence-corrected chi connectivity index (χ3v) is 9.68. The second kappa shape index (κ2) is 13.7. The number of aromatic nitrogens is 1. The molecule has 2 saturated heterocycles.